The molecule has 1 atom stereocenters. The smallest absolute Gasteiger partial charge is 0.147 e. The minimum Gasteiger partial charge on any atom is -0.229 e. The van der Waals surface area contributed by atoms with Crippen LogP contribution in [0.5, 0.6) is 0 Å². The largest absolute Gasteiger partial charge is 0.229 e. The Bertz CT molecular complexity index is 639. The summed E-state index contributed by atoms with van der Waals surface area (Å²) in [5, 5.41) is 2.43. The molecule has 0 saturated heterocycles. The van der Waals surface area contributed by atoms with E-state index in [-0.39, 0.29) is 11.7 Å². The van der Waals surface area contributed by atoms with Crippen LogP contribution in [0.25, 0.3) is 10.8 Å². The van der Waals surface area contributed by atoms with Crippen LogP contribution >= 0.6 is 0 Å². The summed E-state index contributed by atoms with van der Waals surface area (Å²) in [4.78, 5) is 0. The first-order chi connectivity index (χ1) is 8.46. The third kappa shape index (κ3) is 3.33. The third-order valence-corrected chi connectivity index (χ3v) is 4.21. The Kier molecular flexibility index (Phi) is 3.71. The number of benzene rings is 2. The lowest BCUT2D eigenvalue weighted by Gasteiger charge is -2.12. The standard InChI is InChI=1S/C15H18O2S/c1-12(11-18(2,16)17)10-14-8-5-7-13-6-3-4-9-15(13)14/h3-9,12H,10-11H2,1-2H3. The van der Waals surface area contributed by atoms with Gasteiger partial charge in [0.1, 0.15) is 9.84 Å². The third-order valence-electron chi connectivity index (χ3n) is 3.04. The fourth-order valence-corrected chi connectivity index (χ4v) is 3.57. The van der Waals surface area contributed by atoms with Crippen molar-refractivity contribution >= 4 is 20.6 Å². The Labute approximate surface area is 109 Å². The summed E-state index contributed by atoms with van der Waals surface area (Å²) in [7, 11) is -2.90. The van der Waals surface area contributed by atoms with Gasteiger partial charge in [0.2, 0.25) is 0 Å². The van der Waals surface area contributed by atoms with Gasteiger partial charge in [-0.1, -0.05) is 49.4 Å². The second kappa shape index (κ2) is 5.11. The van der Waals surface area contributed by atoms with Gasteiger partial charge in [-0.3, -0.25) is 0 Å². The van der Waals surface area contributed by atoms with Gasteiger partial charge < -0.3 is 0 Å². The van der Waals surface area contributed by atoms with Crippen LogP contribution in [0.2, 0.25) is 0 Å². The predicted octanol–water partition coefficient (Wildman–Crippen LogP) is 3.06. The number of rotatable bonds is 4. The molecular weight excluding hydrogens is 244 g/mol. The molecule has 2 aromatic rings. The molecular formula is C15H18O2S. The molecule has 0 radical (unpaired) electrons. The number of hydrogen-bond acceptors (Lipinski definition) is 2. The molecule has 0 bridgehead atoms. The molecule has 0 N–H and O–H groups in total. The lowest BCUT2D eigenvalue weighted by Crippen LogP contribution is -2.14. The van der Waals surface area contributed by atoms with E-state index in [2.05, 4.69) is 24.3 Å². The zero-order valence-corrected chi connectivity index (χ0v) is 11.6. The molecule has 1 unspecified atom stereocenters. The van der Waals surface area contributed by atoms with Gasteiger partial charge in [-0.25, -0.2) is 8.42 Å². The fourth-order valence-electron chi connectivity index (χ4n) is 2.42. The van der Waals surface area contributed by atoms with Crippen LogP contribution in [0, 0.1) is 5.92 Å². The summed E-state index contributed by atoms with van der Waals surface area (Å²) < 4.78 is 22.6. The van der Waals surface area contributed by atoms with E-state index in [9.17, 15) is 8.42 Å². The highest BCUT2D eigenvalue weighted by Crippen LogP contribution is 2.21. The van der Waals surface area contributed by atoms with Crippen molar-refractivity contribution < 1.29 is 8.42 Å². The van der Waals surface area contributed by atoms with Gasteiger partial charge in [0.05, 0.1) is 5.75 Å². The van der Waals surface area contributed by atoms with Crippen LogP contribution < -0.4 is 0 Å². The van der Waals surface area contributed by atoms with E-state index in [1.165, 1.54) is 22.6 Å². The molecule has 18 heavy (non-hydrogen) atoms. The van der Waals surface area contributed by atoms with Crippen molar-refractivity contribution in [1.82, 2.24) is 0 Å². The van der Waals surface area contributed by atoms with Gasteiger partial charge in [0, 0.05) is 6.26 Å². The molecule has 0 aliphatic rings. The Morgan fingerprint density at radius 3 is 2.44 bits per heavy atom. The second-order valence-electron chi connectivity index (χ2n) is 5.04. The summed E-state index contributed by atoms with van der Waals surface area (Å²) >= 11 is 0. The summed E-state index contributed by atoms with van der Waals surface area (Å²) in [6, 6.07) is 14.4. The van der Waals surface area contributed by atoms with Crippen molar-refractivity contribution in [2.24, 2.45) is 5.92 Å². The molecule has 2 nitrogen and oxygen atoms in total. The lowest BCUT2D eigenvalue weighted by molar-refractivity contribution is 0.576. The second-order valence-corrected chi connectivity index (χ2v) is 7.22. The first kappa shape index (κ1) is 13.1. The van der Waals surface area contributed by atoms with Crippen LogP contribution in [0.3, 0.4) is 0 Å². The zero-order chi connectivity index (χ0) is 13.2. The highest BCUT2D eigenvalue weighted by atomic mass is 32.2. The molecule has 0 saturated carbocycles. The summed E-state index contributed by atoms with van der Waals surface area (Å²) in [6.07, 6.45) is 2.10. The molecule has 96 valence electrons. The van der Waals surface area contributed by atoms with Gasteiger partial charge >= 0.3 is 0 Å². The van der Waals surface area contributed by atoms with Crippen LogP contribution in [0.15, 0.2) is 42.5 Å². The SMILES string of the molecule is CC(Cc1cccc2ccccc12)CS(C)(=O)=O. The maximum Gasteiger partial charge on any atom is 0.147 e. The summed E-state index contributed by atoms with van der Waals surface area (Å²) in [5.74, 6) is 0.391. The van der Waals surface area contributed by atoms with E-state index in [1.54, 1.807) is 0 Å². The summed E-state index contributed by atoms with van der Waals surface area (Å²) in [5.41, 5.74) is 1.23. The monoisotopic (exact) mass is 262 g/mol. The van der Waals surface area contributed by atoms with E-state index in [0.29, 0.717) is 0 Å². The highest BCUT2D eigenvalue weighted by Gasteiger charge is 2.12. The van der Waals surface area contributed by atoms with E-state index >= 15 is 0 Å². The Morgan fingerprint density at radius 1 is 1.06 bits per heavy atom. The Balaban J connectivity index is 2.27. The van der Waals surface area contributed by atoms with Crippen LogP contribution in [0.4, 0.5) is 0 Å². The molecule has 0 fully saturated rings. The van der Waals surface area contributed by atoms with Gasteiger partial charge in [0.25, 0.3) is 0 Å². The van der Waals surface area contributed by atoms with E-state index in [4.69, 9.17) is 0 Å². The maximum absolute atomic E-state index is 11.3. The van der Waals surface area contributed by atoms with Crippen LogP contribution in [0.1, 0.15) is 12.5 Å². The van der Waals surface area contributed by atoms with Crippen molar-refractivity contribution in [3.8, 4) is 0 Å². The fraction of sp³-hybridized carbons (Fsp3) is 0.333. The van der Waals surface area contributed by atoms with Gasteiger partial charge in [-0.15, -0.1) is 0 Å². The van der Waals surface area contributed by atoms with Crippen molar-refractivity contribution in [1.29, 1.82) is 0 Å². The molecule has 0 aliphatic heterocycles. The van der Waals surface area contributed by atoms with Crippen LogP contribution in [-0.2, 0) is 16.3 Å². The zero-order valence-electron chi connectivity index (χ0n) is 10.8. The van der Waals surface area contributed by atoms with Crippen molar-refractivity contribution in [3.63, 3.8) is 0 Å². The molecule has 2 rings (SSSR count). The molecule has 0 spiro atoms. The quantitative estimate of drug-likeness (QED) is 0.848. The number of hydrogen-bond donors (Lipinski definition) is 0. The molecule has 2 aromatic carbocycles. The average Bonchev–Trinajstić information content (AvgIpc) is 2.27. The molecule has 0 heterocycles. The molecule has 0 amide bonds. The number of fused-ring (bicyclic) bond motifs is 1. The Morgan fingerprint density at radius 2 is 1.72 bits per heavy atom. The highest BCUT2D eigenvalue weighted by molar-refractivity contribution is 7.90. The maximum atomic E-state index is 11.3. The predicted molar refractivity (Wildman–Crippen MR) is 76.5 cm³/mol. The lowest BCUT2D eigenvalue weighted by atomic mass is 9.97. The minimum absolute atomic E-state index is 0.144. The van der Waals surface area contributed by atoms with Gasteiger partial charge in [-0.2, -0.15) is 0 Å². The van der Waals surface area contributed by atoms with Gasteiger partial charge in [-0.05, 0) is 28.7 Å². The van der Waals surface area contributed by atoms with Crippen molar-refractivity contribution in [3.05, 3.63) is 48.0 Å². The summed E-state index contributed by atoms with van der Waals surface area (Å²) in [6.45, 7) is 1.99. The molecule has 3 heteroatoms. The van der Waals surface area contributed by atoms with Gasteiger partial charge in [0.15, 0.2) is 0 Å². The molecule has 0 aromatic heterocycles. The van der Waals surface area contributed by atoms with E-state index in [0.717, 1.165) is 6.42 Å². The minimum atomic E-state index is -2.90. The Hall–Kier alpha value is -1.35. The average molecular weight is 262 g/mol. The first-order valence-electron chi connectivity index (χ1n) is 6.10. The topological polar surface area (TPSA) is 34.1 Å². The number of sulfone groups is 1. The van der Waals surface area contributed by atoms with Crippen molar-refractivity contribution in [2.75, 3.05) is 12.0 Å². The van der Waals surface area contributed by atoms with E-state index < -0.39 is 9.84 Å². The normalized spacial score (nSPS) is 13.7. The van der Waals surface area contributed by atoms with Crippen LogP contribution in [-0.4, -0.2) is 20.4 Å². The first-order valence-corrected chi connectivity index (χ1v) is 8.16. The van der Waals surface area contributed by atoms with Crippen molar-refractivity contribution in [2.45, 2.75) is 13.3 Å². The molecule has 0 aliphatic carbocycles. The van der Waals surface area contributed by atoms with E-state index in [1.807, 2.05) is 25.1 Å².